The van der Waals surface area contributed by atoms with E-state index in [1.807, 2.05) is 13.0 Å². The fourth-order valence-corrected chi connectivity index (χ4v) is 5.35. The van der Waals surface area contributed by atoms with Gasteiger partial charge in [0.05, 0.1) is 23.1 Å². The summed E-state index contributed by atoms with van der Waals surface area (Å²) in [7, 11) is 0. The summed E-state index contributed by atoms with van der Waals surface area (Å²) in [4.78, 5) is 39.6. The number of esters is 1. The molecule has 0 radical (unpaired) electrons. The predicted molar refractivity (Wildman–Crippen MR) is 112 cm³/mol. The summed E-state index contributed by atoms with van der Waals surface area (Å²) in [5.41, 5.74) is 2.88. The van der Waals surface area contributed by atoms with Crippen LogP contribution in [-0.2, 0) is 20.9 Å². The Labute approximate surface area is 179 Å². The molecular weight excluding hydrogens is 402 g/mol. The van der Waals surface area contributed by atoms with Gasteiger partial charge in [0.15, 0.2) is 0 Å². The molecule has 0 unspecified atom stereocenters. The van der Waals surface area contributed by atoms with E-state index in [-0.39, 0.29) is 42.1 Å². The van der Waals surface area contributed by atoms with Gasteiger partial charge in [0, 0.05) is 5.02 Å². The minimum absolute atomic E-state index is 0.114. The van der Waals surface area contributed by atoms with Crippen LogP contribution in [-0.4, -0.2) is 17.8 Å². The minimum atomic E-state index is -0.477. The number of imide groups is 1. The van der Waals surface area contributed by atoms with Gasteiger partial charge in [-0.3, -0.25) is 14.5 Å². The van der Waals surface area contributed by atoms with Crippen molar-refractivity contribution in [3.05, 3.63) is 76.3 Å². The van der Waals surface area contributed by atoms with Crippen molar-refractivity contribution in [3.8, 4) is 0 Å². The molecule has 2 aromatic rings. The number of carbonyl (C=O) groups excluding carboxylic acids is 3. The molecule has 5 nitrogen and oxygen atoms in total. The van der Waals surface area contributed by atoms with Crippen LogP contribution in [0.5, 0.6) is 0 Å². The Morgan fingerprint density at radius 1 is 1.10 bits per heavy atom. The van der Waals surface area contributed by atoms with Gasteiger partial charge < -0.3 is 4.74 Å². The van der Waals surface area contributed by atoms with Crippen molar-refractivity contribution in [2.24, 2.45) is 23.7 Å². The van der Waals surface area contributed by atoms with Gasteiger partial charge in [0.2, 0.25) is 11.8 Å². The number of halogens is 1. The number of fused-ring (bicyclic) bond motifs is 5. The minimum Gasteiger partial charge on any atom is -0.457 e. The first-order valence-corrected chi connectivity index (χ1v) is 10.4. The first kappa shape index (κ1) is 19.1. The number of anilines is 1. The standard InChI is InChI=1S/C24H20ClNO4/c1-13-9-16-11-19(13)21-20(16)22(27)26(23(21)28)18-7-5-15(6-8-18)24(29)30-12-14-3-2-4-17(25)10-14/h2-10,16,19-21H,11-12H2,1H3/t16-,19-,20-,21-/m0/s1. The van der Waals surface area contributed by atoms with Crippen LogP contribution < -0.4 is 4.90 Å². The van der Waals surface area contributed by atoms with Gasteiger partial charge in [-0.15, -0.1) is 0 Å². The third kappa shape index (κ3) is 2.96. The third-order valence-corrected chi connectivity index (χ3v) is 6.74. The molecule has 3 aliphatic rings. The molecule has 2 fully saturated rings. The zero-order chi connectivity index (χ0) is 21.0. The van der Waals surface area contributed by atoms with E-state index in [2.05, 4.69) is 6.08 Å². The van der Waals surface area contributed by atoms with Crippen molar-refractivity contribution in [2.45, 2.75) is 20.0 Å². The number of ether oxygens (including phenoxy) is 1. The summed E-state index contributed by atoms with van der Waals surface area (Å²) in [6.45, 7) is 2.16. The maximum Gasteiger partial charge on any atom is 0.338 e. The number of hydrogen-bond acceptors (Lipinski definition) is 4. The van der Waals surface area contributed by atoms with Gasteiger partial charge in [-0.25, -0.2) is 4.79 Å². The monoisotopic (exact) mass is 421 g/mol. The van der Waals surface area contributed by atoms with E-state index in [1.54, 1.807) is 42.5 Å². The lowest BCUT2D eigenvalue weighted by molar-refractivity contribution is -0.123. The Kier molecular flexibility index (Phi) is 4.51. The summed E-state index contributed by atoms with van der Waals surface area (Å²) in [6.07, 6.45) is 3.06. The first-order chi connectivity index (χ1) is 14.4. The van der Waals surface area contributed by atoms with Crippen LogP contribution in [0, 0.1) is 23.7 Å². The highest BCUT2D eigenvalue weighted by atomic mass is 35.5. The molecule has 2 bridgehead atoms. The van der Waals surface area contributed by atoms with Gasteiger partial charge >= 0.3 is 5.97 Å². The second kappa shape index (κ2) is 7.10. The van der Waals surface area contributed by atoms with Crippen LogP contribution >= 0.6 is 11.6 Å². The van der Waals surface area contributed by atoms with Crippen LogP contribution in [0.15, 0.2) is 60.2 Å². The summed E-state index contributed by atoms with van der Waals surface area (Å²) in [5, 5.41) is 0.580. The molecule has 30 heavy (non-hydrogen) atoms. The molecule has 6 heteroatoms. The normalized spacial score (nSPS) is 26.7. The predicted octanol–water partition coefficient (Wildman–Crippen LogP) is 4.40. The summed E-state index contributed by atoms with van der Waals surface area (Å²) < 4.78 is 5.33. The van der Waals surface area contributed by atoms with E-state index >= 15 is 0 Å². The molecular formula is C24H20ClNO4. The van der Waals surface area contributed by atoms with Crippen molar-refractivity contribution < 1.29 is 19.1 Å². The lowest BCUT2D eigenvalue weighted by Gasteiger charge is -2.19. The molecule has 2 aliphatic carbocycles. The zero-order valence-electron chi connectivity index (χ0n) is 16.4. The molecule has 0 N–H and O–H groups in total. The number of allylic oxidation sites excluding steroid dienone is 2. The topological polar surface area (TPSA) is 63.7 Å². The Morgan fingerprint density at radius 2 is 1.83 bits per heavy atom. The average molecular weight is 422 g/mol. The summed E-state index contributed by atoms with van der Waals surface area (Å²) in [5.74, 6) is -0.859. The highest BCUT2D eigenvalue weighted by molar-refractivity contribution is 6.30. The first-order valence-electron chi connectivity index (χ1n) is 10.0. The van der Waals surface area contributed by atoms with E-state index < -0.39 is 5.97 Å². The van der Waals surface area contributed by atoms with Crippen LogP contribution in [0.1, 0.15) is 29.3 Å². The van der Waals surface area contributed by atoms with Crippen LogP contribution in [0.25, 0.3) is 0 Å². The van der Waals surface area contributed by atoms with E-state index in [0.29, 0.717) is 16.3 Å². The smallest absolute Gasteiger partial charge is 0.338 e. The zero-order valence-corrected chi connectivity index (χ0v) is 17.1. The number of hydrogen-bond donors (Lipinski definition) is 0. The molecule has 2 aromatic carbocycles. The van der Waals surface area contributed by atoms with Crippen molar-refractivity contribution in [1.29, 1.82) is 0 Å². The summed E-state index contributed by atoms with van der Waals surface area (Å²) >= 11 is 5.94. The molecule has 2 amide bonds. The molecule has 1 saturated heterocycles. The lowest BCUT2D eigenvalue weighted by Crippen LogP contribution is -2.32. The molecule has 1 aliphatic heterocycles. The third-order valence-electron chi connectivity index (χ3n) is 6.50. The van der Waals surface area contributed by atoms with Crippen LogP contribution in [0.2, 0.25) is 5.02 Å². The quantitative estimate of drug-likeness (QED) is 0.417. The van der Waals surface area contributed by atoms with E-state index in [1.165, 1.54) is 10.5 Å². The van der Waals surface area contributed by atoms with Gasteiger partial charge in [-0.2, -0.15) is 0 Å². The number of rotatable bonds is 4. The Bertz CT molecular complexity index is 1090. The lowest BCUT2D eigenvalue weighted by atomic mass is 9.82. The SMILES string of the molecule is CC1=C[C@H]2C[C@@H]1[C@@H]1C(=O)N(c3ccc(C(=O)OCc4cccc(Cl)c4)cc3)C(=O)[C@H]12. The Balaban J connectivity index is 1.29. The van der Waals surface area contributed by atoms with Crippen molar-refractivity contribution in [1.82, 2.24) is 0 Å². The van der Waals surface area contributed by atoms with E-state index in [9.17, 15) is 14.4 Å². The van der Waals surface area contributed by atoms with Gasteiger partial charge in [0.1, 0.15) is 6.61 Å². The number of amides is 2. The number of nitrogens with zero attached hydrogens (tertiary/aromatic N) is 1. The van der Waals surface area contributed by atoms with Crippen LogP contribution in [0.4, 0.5) is 5.69 Å². The Hall–Kier alpha value is -2.92. The highest BCUT2D eigenvalue weighted by Gasteiger charge is 2.60. The molecule has 0 spiro atoms. The molecule has 0 aromatic heterocycles. The molecule has 152 valence electrons. The fraction of sp³-hybridized carbons (Fsp3) is 0.292. The molecule has 1 saturated carbocycles. The Morgan fingerprint density at radius 3 is 2.57 bits per heavy atom. The summed E-state index contributed by atoms with van der Waals surface area (Å²) in [6, 6.07) is 13.6. The average Bonchev–Trinajstić information content (AvgIpc) is 3.37. The highest BCUT2D eigenvalue weighted by Crippen LogP contribution is 2.55. The fourth-order valence-electron chi connectivity index (χ4n) is 5.13. The van der Waals surface area contributed by atoms with Crippen molar-refractivity contribution >= 4 is 35.1 Å². The second-order valence-electron chi connectivity index (χ2n) is 8.23. The van der Waals surface area contributed by atoms with E-state index in [0.717, 1.165) is 12.0 Å². The maximum atomic E-state index is 13.0. The molecule has 4 atom stereocenters. The van der Waals surface area contributed by atoms with Crippen molar-refractivity contribution in [3.63, 3.8) is 0 Å². The van der Waals surface area contributed by atoms with E-state index in [4.69, 9.17) is 16.3 Å². The number of carbonyl (C=O) groups is 3. The van der Waals surface area contributed by atoms with Gasteiger partial charge in [-0.1, -0.05) is 35.4 Å². The largest absolute Gasteiger partial charge is 0.457 e. The molecule has 5 rings (SSSR count). The second-order valence-corrected chi connectivity index (χ2v) is 8.67. The van der Waals surface area contributed by atoms with Gasteiger partial charge in [-0.05, 0) is 67.1 Å². The maximum absolute atomic E-state index is 13.0. The van der Waals surface area contributed by atoms with Crippen molar-refractivity contribution in [2.75, 3.05) is 4.90 Å². The number of benzene rings is 2. The van der Waals surface area contributed by atoms with Gasteiger partial charge in [0.25, 0.3) is 0 Å². The molecule has 1 heterocycles. The van der Waals surface area contributed by atoms with Crippen LogP contribution in [0.3, 0.4) is 0 Å².